The second kappa shape index (κ2) is 35.8. The molecule has 0 aliphatic carbocycles. The molecular formula is H2Ag2O2Ti. The number of hydrogen-bond acceptors (Lipinski definition) is 2. The normalized spacial score (nSPS) is 1.20. The molecule has 2 N–H and O–H groups in total. The zero-order chi connectivity index (χ0) is 2.00. The SMILES string of the molecule is OO.[Ag].[Ag].[Ti]. The molecule has 0 aliphatic rings. The van der Waals surface area contributed by atoms with Crippen LogP contribution in [0.25, 0.3) is 0 Å². The van der Waals surface area contributed by atoms with Gasteiger partial charge in [-0.15, -0.1) is 0 Å². The maximum Gasteiger partial charge on any atom is 0 e. The summed E-state index contributed by atoms with van der Waals surface area (Å²) in [5.41, 5.74) is 0. The summed E-state index contributed by atoms with van der Waals surface area (Å²) in [6.45, 7) is 0. The summed E-state index contributed by atoms with van der Waals surface area (Å²) in [7, 11) is 0. The van der Waals surface area contributed by atoms with Gasteiger partial charge in [0.15, 0.2) is 0 Å². The second-order valence-electron chi connectivity index (χ2n) is 0. The van der Waals surface area contributed by atoms with Gasteiger partial charge in [-0.25, -0.2) is 0 Å². The van der Waals surface area contributed by atoms with Gasteiger partial charge in [0.2, 0.25) is 0 Å². The quantitative estimate of drug-likeness (QED) is 0.376. The first-order chi connectivity index (χ1) is 1.00. The first-order valence-corrected chi connectivity index (χ1v) is 0.200. The third-order valence-electron chi connectivity index (χ3n) is 0. The fraction of sp³-hybridized carbons (Fsp3) is 0. The van der Waals surface area contributed by atoms with Crippen LogP contribution in [0.3, 0.4) is 0 Å². The van der Waals surface area contributed by atoms with E-state index in [2.05, 4.69) is 0 Å². The summed E-state index contributed by atoms with van der Waals surface area (Å²) in [5, 5.41) is 12.0. The van der Waals surface area contributed by atoms with Gasteiger partial charge in [-0.3, -0.25) is 10.5 Å². The predicted molar refractivity (Wildman–Crippen MR) is 5.26 cm³/mol. The first kappa shape index (κ1) is 27.4. The monoisotopic (exact) mass is 296 g/mol. The van der Waals surface area contributed by atoms with Crippen molar-refractivity contribution in [3.05, 3.63) is 0 Å². The van der Waals surface area contributed by atoms with Crippen molar-refractivity contribution in [2.75, 3.05) is 0 Å². The third-order valence-corrected chi connectivity index (χ3v) is 0. The van der Waals surface area contributed by atoms with Crippen LogP contribution >= 0.6 is 0 Å². The Morgan fingerprint density at radius 3 is 0.800 bits per heavy atom. The fourth-order valence-corrected chi connectivity index (χ4v) is 0. The molecule has 0 atom stereocenters. The van der Waals surface area contributed by atoms with Gasteiger partial charge in [0.25, 0.3) is 0 Å². The van der Waals surface area contributed by atoms with Gasteiger partial charge < -0.3 is 0 Å². The molecule has 40 valence electrons. The minimum Gasteiger partial charge on any atom is -0.255 e. The average Bonchev–Trinajstić information content (AvgIpc) is 1.00. The van der Waals surface area contributed by atoms with E-state index in [1.165, 1.54) is 0 Å². The Morgan fingerprint density at radius 1 is 0.800 bits per heavy atom. The second-order valence-corrected chi connectivity index (χ2v) is 0. The largest absolute Gasteiger partial charge is 0.255 e. The van der Waals surface area contributed by atoms with Crippen LogP contribution in [0.5, 0.6) is 0 Å². The van der Waals surface area contributed by atoms with E-state index in [-0.39, 0.29) is 66.5 Å². The maximum absolute atomic E-state index is 6.00. The zero-order valence-electron chi connectivity index (χ0n) is 2.00. The summed E-state index contributed by atoms with van der Waals surface area (Å²) in [6, 6.07) is 0. The molecule has 0 fully saturated rings. The molecule has 2 radical (unpaired) electrons. The molecule has 0 amide bonds. The van der Waals surface area contributed by atoms with Crippen LogP contribution in [0.2, 0.25) is 0 Å². The maximum atomic E-state index is 6.00. The van der Waals surface area contributed by atoms with Crippen LogP contribution in [0, 0.1) is 0 Å². The smallest absolute Gasteiger partial charge is 0 e. The Bertz CT molecular complexity index is 7.61. The van der Waals surface area contributed by atoms with Crippen LogP contribution in [0.1, 0.15) is 0 Å². The van der Waals surface area contributed by atoms with E-state index in [1.54, 1.807) is 0 Å². The first-order valence-electron chi connectivity index (χ1n) is 0.200. The van der Waals surface area contributed by atoms with Gasteiger partial charge in [-0.05, 0) is 0 Å². The van der Waals surface area contributed by atoms with Crippen LogP contribution in [0.15, 0.2) is 0 Å². The molecule has 0 saturated carbocycles. The van der Waals surface area contributed by atoms with Gasteiger partial charge in [0.1, 0.15) is 0 Å². The van der Waals surface area contributed by atoms with E-state index in [1.807, 2.05) is 0 Å². The molecule has 5 heteroatoms. The molecular weight excluding hydrogens is 296 g/mol. The van der Waals surface area contributed by atoms with E-state index < -0.39 is 0 Å². The van der Waals surface area contributed by atoms with E-state index in [9.17, 15) is 0 Å². The summed E-state index contributed by atoms with van der Waals surface area (Å²) in [4.78, 5) is 0. The van der Waals surface area contributed by atoms with Crippen molar-refractivity contribution in [2.45, 2.75) is 0 Å². The zero-order valence-corrected chi connectivity index (χ0v) is 6.52. The summed E-state index contributed by atoms with van der Waals surface area (Å²) in [6.07, 6.45) is 0. The van der Waals surface area contributed by atoms with E-state index in [4.69, 9.17) is 10.5 Å². The van der Waals surface area contributed by atoms with Crippen LogP contribution < -0.4 is 0 Å². The van der Waals surface area contributed by atoms with Crippen molar-refractivity contribution < 1.29 is 77.0 Å². The van der Waals surface area contributed by atoms with E-state index in [0.29, 0.717) is 0 Å². The topological polar surface area (TPSA) is 40.5 Å². The molecule has 0 bridgehead atoms. The summed E-state index contributed by atoms with van der Waals surface area (Å²) >= 11 is 0. The molecule has 0 spiro atoms. The Kier molecular flexibility index (Phi) is 196. The minimum atomic E-state index is 0. The van der Waals surface area contributed by atoms with E-state index in [0.717, 1.165) is 0 Å². The number of hydrogen-bond donors (Lipinski definition) is 2. The molecule has 0 aromatic carbocycles. The Balaban J connectivity index is -0.00000000167. The van der Waals surface area contributed by atoms with Crippen LogP contribution in [-0.4, -0.2) is 10.5 Å². The molecule has 0 aliphatic heterocycles. The van der Waals surface area contributed by atoms with Gasteiger partial charge in [0.05, 0.1) is 0 Å². The molecule has 0 saturated heterocycles. The third kappa shape index (κ3) is 23.1. The molecule has 5 heavy (non-hydrogen) atoms. The Hall–Kier alpha value is 2.11. The average molecular weight is 298 g/mol. The molecule has 0 unspecified atom stereocenters. The van der Waals surface area contributed by atoms with E-state index >= 15 is 0 Å². The van der Waals surface area contributed by atoms with Crippen molar-refractivity contribution in [3.8, 4) is 0 Å². The predicted octanol–water partition coefficient (Wildman–Crippen LogP) is 0.00990. The van der Waals surface area contributed by atoms with Crippen molar-refractivity contribution in [1.82, 2.24) is 0 Å². The molecule has 0 heterocycles. The fourth-order valence-electron chi connectivity index (χ4n) is 0. The van der Waals surface area contributed by atoms with Gasteiger partial charge in [0, 0.05) is 66.5 Å². The summed E-state index contributed by atoms with van der Waals surface area (Å²) in [5.74, 6) is 0. The van der Waals surface area contributed by atoms with Crippen LogP contribution in [-0.2, 0) is 66.5 Å². The van der Waals surface area contributed by atoms with Crippen molar-refractivity contribution in [3.63, 3.8) is 0 Å². The van der Waals surface area contributed by atoms with Crippen molar-refractivity contribution in [1.29, 1.82) is 0 Å². The standard InChI is InChI=1S/2Ag.H2O2.Ti/c;;1-2;/h;;1-2H;. The van der Waals surface area contributed by atoms with Crippen molar-refractivity contribution >= 4 is 0 Å². The molecule has 0 aromatic heterocycles. The number of rotatable bonds is 0. The minimum absolute atomic E-state index is 0. The van der Waals surface area contributed by atoms with Crippen molar-refractivity contribution in [2.24, 2.45) is 0 Å². The molecule has 0 rings (SSSR count). The Labute approximate surface area is 76.2 Å². The van der Waals surface area contributed by atoms with Gasteiger partial charge in [-0.2, -0.15) is 0 Å². The Morgan fingerprint density at radius 2 is 0.800 bits per heavy atom. The van der Waals surface area contributed by atoms with Gasteiger partial charge >= 0.3 is 0 Å². The summed E-state index contributed by atoms with van der Waals surface area (Å²) < 4.78 is 0. The molecule has 2 nitrogen and oxygen atoms in total. The van der Waals surface area contributed by atoms with Gasteiger partial charge in [-0.1, -0.05) is 0 Å². The van der Waals surface area contributed by atoms with Crippen LogP contribution in [0.4, 0.5) is 0 Å². The molecule has 0 aromatic rings.